The van der Waals surface area contributed by atoms with Gasteiger partial charge in [0.1, 0.15) is 0 Å². The van der Waals surface area contributed by atoms with Crippen LogP contribution in [0.15, 0.2) is 12.1 Å². The van der Waals surface area contributed by atoms with Crippen molar-refractivity contribution in [2.75, 3.05) is 5.75 Å². The van der Waals surface area contributed by atoms with Crippen LogP contribution in [-0.4, -0.2) is 17.0 Å². The van der Waals surface area contributed by atoms with E-state index in [0.717, 1.165) is 10.8 Å². The standard InChI is InChI=1S/C15H20Cl3NS/c1-3-20-11-5-4-10(8-11)19-9(2)12-6-7-13(16)15(18)14(12)17/h6-7,9-11,19H,3-5,8H2,1-2H3. The SMILES string of the molecule is CCSC1CCC(NC(C)c2ccc(Cl)c(Cl)c2Cl)C1. The Morgan fingerprint density at radius 2 is 2.00 bits per heavy atom. The Balaban J connectivity index is 1.99. The van der Waals surface area contributed by atoms with Crippen molar-refractivity contribution in [3.8, 4) is 0 Å². The molecule has 0 spiro atoms. The summed E-state index contributed by atoms with van der Waals surface area (Å²) in [6, 6.07) is 4.53. The molecule has 0 amide bonds. The summed E-state index contributed by atoms with van der Waals surface area (Å²) in [4.78, 5) is 0. The largest absolute Gasteiger partial charge is 0.307 e. The van der Waals surface area contributed by atoms with Gasteiger partial charge in [0.25, 0.3) is 0 Å². The maximum atomic E-state index is 6.30. The molecule has 1 N–H and O–H groups in total. The van der Waals surface area contributed by atoms with Gasteiger partial charge in [-0.15, -0.1) is 0 Å². The van der Waals surface area contributed by atoms with Crippen LogP contribution in [0.3, 0.4) is 0 Å². The number of nitrogens with one attached hydrogen (secondary N) is 1. The molecule has 20 heavy (non-hydrogen) atoms. The van der Waals surface area contributed by atoms with Gasteiger partial charge >= 0.3 is 0 Å². The fraction of sp³-hybridized carbons (Fsp3) is 0.600. The first-order valence-electron chi connectivity index (χ1n) is 7.04. The van der Waals surface area contributed by atoms with Crippen molar-refractivity contribution in [2.45, 2.75) is 50.4 Å². The van der Waals surface area contributed by atoms with Crippen molar-refractivity contribution in [3.63, 3.8) is 0 Å². The lowest BCUT2D eigenvalue weighted by Gasteiger charge is -2.21. The Kier molecular flexibility index (Phi) is 6.37. The molecule has 1 aliphatic carbocycles. The number of halogens is 3. The second-order valence-electron chi connectivity index (χ2n) is 5.24. The molecule has 1 saturated carbocycles. The Labute approximate surface area is 140 Å². The van der Waals surface area contributed by atoms with Crippen molar-refractivity contribution in [1.29, 1.82) is 0 Å². The summed E-state index contributed by atoms with van der Waals surface area (Å²) in [6.07, 6.45) is 3.78. The average Bonchev–Trinajstić information content (AvgIpc) is 2.84. The maximum Gasteiger partial charge on any atom is 0.0781 e. The summed E-state index contributed by atoms with van der Waals surface area (Å²) in [5.41, 5.74) is 1.02. The van der Waals surface area contributed by atoms with Crippen LogP contribution in [0, 0.1) is 0 Å². The molecular weight excluding hydrogens is 333 g/mol. The van der Waals surface area contributed by atoms with Crippen LogP contribution < -0.4 is 5.32 Å². The predicted molar refractivity (Wildman–Crippen MR) is 92.6 cm³/mol. The van der Waals surface area contributed by atoms with Crippen LogP contribution >= 0.6 is 46.6 Å². The fourth-order valence-electron chi connectivity index (χ4n) is 2.80. The highest BCUT2D eigenvalue weighted by Crippen LogP contribution is 2.36. The van der Waals surface area contributed by atoms with Gasteiger partial charge in [0, 0.05) is 17.3 Å². The van der Waals surface area contributed by atoms with Gasteiger partial charge in [-0.3, -0.25) is 0 Å². The van der Waals surface area contributed by atoms with Gasteiger partial charge in [0.2, 0.25) is 0 Å². The van der Waals surface area contributed by atoms with Crippen molar-refractivity contribution >= 4 is 46.6 Å². The molecule has 0 saturated heterocycles. The Morgan fingerprint density at radius 3 is 2.70 bits per heavy atom. The minimum Gasteiger partial charge on any atom is -0.307 e. The molecule has 5 heteroatoms. The summed E-state index contributed by atoms with van der Waals surface area (Å²) in [5.74, 6) is 1.20. The molecule has 1 aromatic carbocycles. The van der Waals surface area contributed by atoms with E-state index in [2.05, 4.69) is 30.9 Å². The van der Waals surface area contributed by atoms with Gasteiger partial charge in [-0.25, -0.2) is 0 Å². The third kappa shape index (κ3) is 3.98. The van der Waals surface area contributed by atoms with E-state index in [-0.39, 0.29) is 6.04 Å². The molecule has 1 nitrogen and oxygen atoms in total. The van der Waals surface area contributed by atoms with Crippen LogP contribution in [-0.2, 0) is 0 Å². The van der Waals surface area contributed by atoms with Gasteiger partial charge < -0.3 is 5.32 Å². The second-order valence-corrected chi connectivity index (χ2v) is 7.98. The van der Waals surface area contributed by atoms with Gasteiger partial charge in [-0.1, -0.05) is 47.8 Å². The van der Waals surface area contributed by atoms with Gasteiger partial charge in [0.05, 0.1) is 15.1 Å². The van der Waals surface area contributed by atoms with E-state index in [9.17, 15) is 0 Å². The average molecular weight is 353 g/mol. The van der Waals surface area contributed by atoms with Crippen molar-refractivity contribution in [2.24, 2.45) is 0 Å². The number of rotatable bonds is 5. The third-order valence-electron chi connectivity index (χ3n) is 3.80. The van der Waals surface area contributed by atoms with E-state index in [1.165, 1.54) is 25.0 Å². The number of hydrogen-bond acceptors (Lipinski definition) is 2. The van der Waals surface area contributed by atoms with Crippen LogP contribution in [0.4, 0.5) is 0 Å². The van der Waals surface area contributed by atoms with Gasteiger partial charge in [0.15, 0.2) is 0 Å². The fourth-order valence-corrected chi connectivity index (χ4v) is 4.65. The van der Waals surface area contributed by atoms with E-state index in [4.69, 9.17) is 34.8 Å². The van der Waals surface area contributed by atoms with Crippen molar-refractivity contribution in [3.05, 3.63) is 32.8 Å². The quantitative estimate of drug-likeness (QED) is 0.655. The van der Waals surface area contributed by atoms with Gasteiger partial charge in [-0.05, 0) is 43.6 Å². The molecule has 0 heterocycles. The molecule has 3 unspecified atom stereocenters. The molecule has 1 aliphatic rings. The zero-order valence-electron chi connectivity index (χ0n) is 11.8. The van der Waals surface area contributed by atoms with E-state index in [1.807, 2.05) is 12.1 Å². The summed E-state index contributed by atoms with van der Waals surface area (Å²) >= 11 is 20.5. The molecule has 2 rings (SSSR count). The van der Waals surface area contributed by atoms with Gasteiger partial charge in [-0.2, -0.15) is 11.8 Å². The first kappa shape index (κ1) is 16.8. The summed E-state index contributed by atoms with van der Waals surface area (Å²) in [5, 5.41) is 5.99. The first-order chi connectivity index (χ1) is 9.52. The molecule has 1 aromatic rings. The minimum absolute atomic E-state index is 0.188. The number of benzene rings is 1. The molecular formula is C15H20Cl3NS. The van der Waals surface area contributed by atoms with Crippen LogP contribution in [0.25, 0.3) is 0 Å². The summed E-state index contributed by atoms with van der Waals surface area (Å²) in [7, 11) is 0. The second kappa shape index (κ2) is 7.60. The predicted octanol–water partition coefficient (Wildman–Crippen LogP) is 5.97. The number of thioether (sulfide) groups is 1. The molecule has 0 radical (unpaired) electrons. The lowest BCUT2D eigenvalue weighted by molar-refractivity contribution is 0.462. The monoisotopic (exact) mass is 351 g/mol. The van der Waals surface area contributed by atoms with E-state index in [1.54, 1.807) is 0 Å². The first-order valence-corrected chi connectivity index (χ1v) is 9.22. The highest BCUT2D eigenvalue weighted by atomic mass is 35.5. The van der Waals surface area contributed by atoms with E-state index >= 15 is 0 Å². The third-order valence-corrected chi connectivity index (χ3v) is 6.35. The Bertz CT molecular complexity index is 467. The van der Waals surface area contributed by atoms with Crippen molar-refractivity contribution in [1.82, 2.24) is 5.32 Å². The Hall–Kier alpha value is 0.400. The lowest BCUT2D eigenvalue weighted by atomic mass is 10.1. The highest BCUT2D eigenvalue weighted by Gasteiger charge is 2.26. The zero-order valence-corrected chi connectivity index (χ0v) is 14.8. The molecule has 0 aliphatic heterocycles. The number of hydrogen-bond donors (Lipinski definition) is 1. The summed E-state index contributed by atoms with van der Waals surface area (Å²) < 4.78 is 0. The van der Waals surface area contributed by atoms with E-state index < -0.39 is 0 Å². The minimum atomic E-state index is 0.188. The molecule has 112 valence electrons. The normalized spacial score (nSPS) is 24.1. The Morgan fingerprint density at radius 1 is 1.25 bits per heavy atom. The molecule has 0 aromatic heterocycles. The summed E-state index contributed by atoms with van der Waals surface area (Å²) in [6.45, 7) is 4.36. The van der Waals surface area contributed by atoms with Crippen LogP contribution in [0.2, 0.25) is 15.1 Å². The van der Waals surface area contributed by atoms with E-state index in [0.29, 0.717) is 21.1 Å². The van der Waals surface area contributed by atoms with Crippen LogP contribution in [0.1, 0.15) is 44.7 Å². The van der Waals surface area contributed by atoms with Crippen LogP contribution in [0.5, 0.6) is 0 Å². The lowest BCUT2D eigenvalue weighted by Crippen LogP contribution is -2.29. The topological polar surface area (TPSA) is 12.0 Å². The smallest absolute Gasteiger partial charge is 0.0781 e. The maximum absolute atomic E-state index is 6.30. The molecule has 0 bridgehead atoms. The zero-order chi connectivity index (χ0) is 14.7. The van der Waals surface area contributed by atoms with Crippen molar-refractivity contribution < 1.29 is 0 Å². The molecule has 3 atom stereocenters. The molecule has 1 fully saturated rings. The highest BCUT2D eigenvalue weighted by molar-refractivity contribution is 7.99.